The maximum atomic E-state index is 14.4. The Morgan fingerprint density at radius 2 is 2.00 bits per heavy atom. The molecular weight excluding hydrogens is 435 g/mol. The molecule has 2 N–H and O–H groups in total. The van der Waals surface area contributed by atoms with Crippen molar-refractivity contribution >= 4 is 11.8 Å². The number of hydrogen-bond acceptors (Lipinski definition) is 5. The van der Waals surface area contributed by atoms with Crippen LogP contribution in [0.25, 0.3) is 0 Å². The molecule has 178 valence electrons. The number of hydrogen-bond donors (Lipinski definition) is 2. The lowest BCUT2D eigenvalue weighted by Gasteiger charge is -2.27. The van der Waals surface area contributed by atoms with Gasteiger partial charge in [0.05, 0.1) is 36.6 Å². The van der Waals surface area contributed by atoms with Gasteiger partial charge in [-0.05, 0) is 35.6 Å². The molecule has 9 heteroatoms. The molecular formula is C25H29FN6O2. The molecule has 8 nitrogen and oxygen atoms in total. The highest BCUT2D eigenvalue weighted by Gasteiger charge is 2.40. The van der Waals surface area contributed by atoms with E-state index < -0.39 is 24.2 Å². The number of nitrogens with zero attached hydrogens (tertiary/aromatic N) is 4. The van der Waals surface area contributed by atoms with Gasteiger partial charge >= 0.3 is 0 Å². The number of nitrogens with one attached hydrogen (secondary N) is 2. The summed E-state index contributed by atoms with van der Waals surface area (Å²) in [4.78, 5) is 32.2. The summed E-state index contributed by atoms with van der Waals surface area (Å²) < 4.78 is 14.4. The topological polar surface area (TPSA) is 104 Å². The second-order valence-electron chi connectivity index (χ2n) is 9.01. The minimum atomic E-state index is -1.27. The molecule has 0 bridgehead atoms. The Balaban J connectivity index is 1.59. The molecule has 1 aliphatic rings. The summed E-state index contributed by atoms with van der Waals surface area (Å²) in [6, 6.07) is 10.1. The first-order chi connectivity index (χ1) is 16.3. The van der Waals surface area contributed by atoms with Gasteiger partial charge in [-0.1, -0.05) is 44.2 Å². The average Bonchev–Trinajstić information content (AvgIpc) is 3.47. The van der Waals surface area contributed by atoms with Gasteiger partial charge in [0.25, 0.3) is 0 Å². The first kappa shape index (κ1) is 23.5. The summed E-state index contributed by atoms with van der Waals surface area (Å²) >= 11 is 0. The van der Waals surface area contributed by atoms with Crippen LogP contribution in [0.4, 0.5) is 4.39 Å². The molecule has 0 radical (unpaired) electrons. The minimum Gasteiger partial charge on any atom is -0.342 e. The normalized spacial score (nSPS) is 18.8. The predicted molar refractivity (Wildman–Crippen MR) is 125 cm³/mol. The van der Waals surface area contributed by atoms with Crippen molar-refractivity contribution in [2.75, 3.05) is 6.54 Å². The highest BCUT2D eigenvalue weighted by atomic mass is 19.1. The standard InChI is InChI=1S/C25H29FN6O2/c1-15(2)20-13-27-21(9-16(20)3)24(17-7-5-4-6-8-17)29-25(34)22-10-18(26)14-32(22)23(33)11-19-12-28-31-30-19/h4-9,12-13,15,18,22,24H,10-11,14H2,1-3H3,(H,29,34)(H,28,30,31)/t18-,22+,24+/m1/s1. The lowest BCUT2D eigenvalue weighted by Crippen LogP contribution is -2.47. The van der Waals surface area contributed by atoms with Gasteiger partial charge in [-0.15, -0.1) is 0 Å². The molecule has 0 spiro atoms. The van der Waals surface area contributed by atoms with Gasteiger partial charge in [0.2, 0.25) is 11.8 Å². The molecule has 2 aromatic heterocycles. The quantitative estimate of drug-likeness (QED) is 0.559. The van der Waals surface area contributed by atoms with Gasteiger partial charge in [0.15, 0.2) is 0 Å². The predicted octanol–water partition coefficient (Wildman–Crippen LogP) is 3.02. The highest BCUT2D eigenvalue weighted by Crippen LogP contribution is 2.27. The smallest absolute Gasteiger partial charge is 0.243 e. The lowest BCUT2D eigenvalue weighted by molar-refractivity contribution is -0.138. The number of alkyl halides is 1. The van der Waals surface area contributed by atoms with Crippen molar-refractivity contribution in [3.8, 4) is 0 Å². The molecule has 0 aliphatic carbocycles. The van der Waals surface area contributed by atoms with Crippen molar-refractivity contribution in [1.82, 2.24) is 30.6 Å². The summed E-state index contributed by atoms with van der Waals surface area (Å²) in [5.74, 6) is -0.439. The van der Waals surface area contributed by atoms with E-state index in [1.165, 1.54) is 11.1 Å². The summed E-state index contributed by atoms with van der Waals surface area (Å²) in [6.07, 6.45) is 1.93. The van der Waals surface area contributed by atoms with E-state index in [9.17, 15) is 14.0 Å². The van der Waals surface area contributed by atoms with Gasteiger partial charge in [-0.2, -0.15) is 15.4 Å². The van der Waals surface area contributed by atoms with Crippen molar-refractivity contribution < 1.29 is 14.0 Å². The monoisotopic (exact) mass is 464 g/mol. The van der Waals surface area contributed by atoms with Gasteiger partial charge in [0, 0.05) is 12.6 Å². The van der Waals surface area contributed by atoms with E-state index in [0.717, 1.165) is 16.7 Å². The van der Waals surface area contributed by atoms with Gasteiger partial charge < -0.3 is 10.2 Å². The third-order valence-corrected chi connectivity index (χ3v) is 6.18. The number of aromatic nitrogens is 4. The van der Waals surface area contributed by atoms with Crippen molar-refractivity contribution in [3.05, 3.63) is 76.9 Å². The zero-order valence-electron chi connectivity index (χ0n) is 19.5. The Labute approximate surface area is 198 Å². The molecule has 0 saturated carbocycles. The fraction of sp³-hybridized carbons (Fsp3) is 0.400. The number of carbonyl (C=O) groups excluding carboxylic acids is 2. The van der Waals surface area contributed by atoms with E-state index in [2.05, 4.69) is 39.6 Å². The molecule has 3 heterocycles. The van der Waals surface area contributed by atoms with Crippen LogP contribution in [0.3, 0.4) is 0 Å². The molecule has 2 amide bonds. The van der Waals surface area contributed by atoms with Crippen molar-refractivity contribution in [2.24, 2.45) is 0 Å². The molecule has 1 aliphatic heterocycles. The number of rotatable bonds is 7. The summed E-state index contributed by atoms with van der Waals surface area (Å²) in [7, 11) is 0. The summed E-state index contributed by atoms with van der Waals surface area (Å²) in [6.45, 7) is 6.13. The Morgan fingerprint density at radius 1 is 1.24 bits per heavy atom. The Morgan fingerprint density at radius 3 is 2.65 bits per heavy atom. The number of aryl methyl sites for hydroxylation is 1. The fourth-order valence-electron chi connectivity index (χ4n) is 4.44. The number of H-pyrrole nitrogens is 1. The second-order valence-corrected chi connectivity index (χ2v) is 9.01. The number of amides is 2. The first-order valence-electron chi connectivity index (χ1n) is 11.4. The van der Waals surface area contributed by atoms with E-state index in [1.807, 2.05) is 49.5 Å². The van der Waals surface area contributed by atoms with Crippen molar-refractivity contribution in [3.63, 3.8) is 0 Å². The number of halogens is 1. The summed E-state index contributed by atoms with van der Waals surface area (Å²) in [5, 5.41) is 13.1. The number of aromatic amines is 1. The molecule has 1 saturated heterocycles. The van der Waals surface area contributed by atoms with Crippen LogP contribution in [0.5, 0.6) is 0 Å². The van der Waals surface area contributed by atoms with Gasteiger partial charge in [-0.3, -0.25) is 14.6 Å². The zero-order valence-corrected chi connectivity index (χ0v) is 19.5. The molecule has 3 atom stereocenters. The number of pyridine rings is 1. The second kappa shape index (κ2) is 10.1. The van der Waals surface area contributed by atoms with Crippen molar-refractivity contribution in [1.29, 1.82) is 0 Å². The highest BCUT2D eigenvalue weighted by molar-refractivity contribution is 5.89. The lowest BCUT2D eigenvalue weighted by atomic mass is 9.96. The van der Waals surface area contributed by atoms with Crippen LogP contribution in [0.1, 0.15) is 60.3 Å². The van der Waals surface area contributed by atoms with Crippen LogP contribution in [-0.4, -0.2) is 55.9 Å². The van der Waals surface area contributed by atoms with Crippen molar-refractivity contribution in [2.45, 2.75) is 57.8 Å². The number of carbonyl (C=O) groups is 2. The van der Waals surface area contributed by atoms with E-state index in [-0.39, 0.29) is 25.3 Å². The molecule has 4 rings (SSSR count). The van der Waals surface area contributed by atoms with Crippen LogP contribution in [0, 0.1) is 6.92 Å². The molecule has 34 heavy (non-hydrogen) atoms. The van der Waals surface area contributed by atoms with E-state index in [1.54, 1.807) is 0 Å². The molecule has 1 fully saturated rings. The van der Waals surface area contributed by atoms with Crippen LogP contribution < -0.4 is 5.32 Å². The Bertz CT molecular complexity index is 1140. The Kier molecular flexibility index (Phi) is 7.00. The van der Waals surface area contributed by atoms with E-state index in [4.69, 9.17) is 0 Å². The Hall–Kier alpha value is -3.62. The molecule has 1 aromatic carbocycles. The van der Waals surface area contributed by atoms with Crippen LogP contribution >= 0.6 is 0 Å². The summed E-state index contributed by atoms with van der Waals surface area (Å²) in [5.41, 5.74) is 4.22. The van der Waals surface area contributed by atoms with E-state index in [0.29, 0.717) is 17.3 Å². The number of likely N-dealkylation sites (tertiary alicyclic amines) is 1. The van der Waals surface area contributed by atoms with Crippen LogP contribution in [0.15, 0.2) is 48.8 Å². The SMILES string of the molecule is Cc1cc([C@@H](NC(=O)[C@@H]2C[C@@H](F)CN2C(=O)Cc2cn[nH]n2)c2ccccc2)ncc1C(C)C. The van der Waals surface area contributed by atoms with E-state index >= 15 is 0 Å². The third kappa shape index (κ3) is 5.13. The molecule has 0 unspecified atom stereocenters. The van der Waals surface area contributed by atoms with Crippen LogP contribution in [0.2, 0.25) is 0 Å². The van der Waals surface area contributed by atoms with Crippen LogP contribution in [-0.2, 0) is 16.0 Å². The fourth-order valence-corrected chi connectivity index (χ4v) is 4.44. The van der Waals surface area contributed by atoms with Gasteiger partial charge in [-0.25, -0.2) is 4.39 Å². The number of benzene rings is 1. The average molecular weight is 465 g/mol. The zero-order chi connectivity index (χ0) is 24.2. The maximum absolute atomic E-state index is 14.4. The largest absolute Gasteiger partial charge is 0.342 e. The molecule has 3 aromatic rings. The third-order valence-electron chi connectivity index (χ3n) is 6.18. The first-order valence-corrected chi connectivity index (χ1v) is 11.4. The maximum Gasteiger partial charge on any atom is 0.243 e. The minimum absolute atomic E-state index is 0.0450. The van der Waals surface area contributed by atoms with Gasteiger partial charge in [0.1, 0.15) is 12.2 Å².